The predicted molar refractivity (Wildman–Crippen MR) is 103 cm³/mol. The molecule has 0 atom stereocenters. The molecule has 0 spiro atoms. The lowest BCUT2D eigenvalue weighted by Gasteiger charge is -2.19. The van der Waals surface area contributed by atoms with Crippen LogP contribution in [0.1, 0.15) is 44.6 Å². The number of aromatic nitrogens is 1. The molecule has 0 radical (unpaired) electrons. The maximum atomic E-state index is 12.0. The molecule has 148 valence electrons. The maximum Gasteiger partial charge on any atom is 0.407 e. The number of rotatable bonds is 7. The van der Waals surface area contributed by atoms with Gasteiger partial charge in [-0.1, -0.05) is 0 Å². The Morgan fingerprint density at radius 3 is 2.59 bits per heavy atom. The van der Waals surface area contributed by atoms with Crippen molar-refractivity contribution in [3.63, 3.8) is 0 Å². The summed E-state index contributed by atoms with van der Waals surface area (Å²) in [5.74, 6) is 0.364. The normalized spacial score (nSPS) is 11.3. The largest absolute Gasteiger partial charge is 0.493 e. The van der Waals surface area contributed by atoms with Gasteiger partial charge in [0.2, 0.25) is 0 Å². The zero-order valence-electron chi connectivity index (χ0n) is 16.6. The first kappa shape index (κ1) is 20.6. The highest BCUT2D eigenvalue weighted by atomic mass is 16.6. The van der Waals surface area contributed by atoms with Gasteiger partial charge in [0.15, 0.2) is 0 Å². The molecule has 0 bridgehead atoms. The topological polar surface area (TPSA) is 78.8 Å². The SMILES string of the molecule is CCOC(=O)c1cc2ccc(OCCCNC(=O)OC(C)(C)C)cc2n1C. The number of amides is 1. The standard InChI is InChI=1S/C20H28N2O5/c1-6-25-18(23)17-12-14-8-9-15(13-16(14)22(17)5)26-11-7-10-21-19(24)27-20(2,3)4/h8-9,12-13H,6-7,10-11H2,1-5H3,(H,21,24). The number of carbonyl (C=O) groups is 2. The average Bonchev–Trinajstić information content (AvgIpc) is 2.90. The van der Waals surface area contributed by atoms with Crippen molar-refractivity contribution in [3.8, 4) is 5.75 Å². The minimum absolute atomic E-state index is 0.339. The quantitative estimate of drug-likeness (QED) is 0.589. The van der Waals surface area contributed by atoms with Crippen LogP contribution < -0.4 is 10.1 Å². The lowest BCUT2D eigenvalue weighted by molar-refractivity contribution is 0.0509. The Labute approximate surface area is 159 Å². The Bertz CT molecular complexity index is 805. The number of aryl methyl sites for hydroxylation is 1. The van der Waals surface area contributed by atoms with Crippen LogP contribution in [0, 0.1) is 0 Å². The summed E-state index contributed by atoms with van der Waals surface area (Å²) in [5.41, 5.74) is 0.890. The fourth-order valence-corrected chi connectivity index (χ4v) is 2.57. The monoisotopic (exact) mass is 376 g/mol. The van der Waals surface area contributed by atoms with Crippen molar-refractivity contribution >= 4 is 23.0 Å². The van der Waals surface area contributed by atoms with E-state index < -0.39 is 11.7 Å². The highest BCUT2D eigenvalue weighted by Crippen LogP contribution is 2.24. The van der Waals surface area contributed by atoms with E-state index in [0.717, 1.165) is 10.9 Å². The van der Waals surface area contributed by atoms with Crippen molar-refractivity contribution in [1.29, 1.82) is 0 Å². The molecule has 27 heavy (non-hydrogen) atoms. The summed E-state index contributed by atoms with van der Waals surface area (Å²) in [7, 11) is 1.82. The zero-order valence-corrected chi connectivity index (χ0v) is 16.6. The molecular formula is C20H28N2O5. The molecule has 0 fully saturated rings. The van der Waals surface area contributed by atoms with Gasteiger partial charge in [-0.3, -0.25) is 0 Å². The zero-order chi connectivity index (χ0) is 20.0. The van der Waals surface area contributed by atoms with E-state index in [9.17, 15) is 9.59 Å². The first-order valence-electron chi connectivity index (χ1n) is 9.07. The highest BCUT2D eigenvalue weighted by molar-refractivity contribution is 5.96. The van der Waals surface area contributed by atoms with Crippen molar-refractivity contribution in [2.24, 2.45) is 7.05 Å². The second-order valence-electron chi connectivity index (χ2n) is 7.16. The number of nitrogens with zero attached hydrogens (tertiary/aromatic N) is 1. The molecule has 2 rings (SSSR count). The molecular weight excluding hydrogens is 348 g/mol. The lowest BCUT2D eigenvalue weighted by Crippen LogP contribution is -2.33. The smallest absolute Gasteiger partial charge is 0.407 e. The molecule has 1 aromatic heterocycles. The highest BCUT2D eigenvalue weighted by Gasteiger charge is 2.16. The Balaban J connectivity index is 1.88. The van der Waals surface area contributed by atoms with E-state index in [1.807, 2.05) is 52.1 Å². The van der Waals surface area contributed by atoms with Crippen molar-refractivity contribution in [3.05, 3.63) is 30.0 Å². The third-order valence-electron chi connectivity index (χ3n) is 3.76. The number of hydrogen-bond acceptors (Lipinski definition) is 5. The van der Waals surface area contributed by atoms with Crippen molar-refractivity contribution in [1.82, 2.24) is 9.88 Å². The Morgan fingerprint density at radius 1 is 1.19 bits per heavy atom. The van der Waals surface area contributed by atoms with Crippen LogP contribution in [0.5, 0.6) is 5.75 Å². The van der Waals surface area contributed by atoms with Crippen LogP contribution in [-0.4, -0.2) is 42.0 Å². The summed E-state index contributed by atoms with van der Waals surface area (Å²) in [6.45, 7) is 8.51. The molecule has 7 nitrogen and oxygen atoms in total. The molecule has 2 aromatic rings. The van der Waals surface area contributed by atoms with E-state index >= 15 is 0 Å². The van der Waals surface area contributed by atoms with Crippen LogP contribution in [0.3, 0.4) is 0 Å². The van der Waals surface area contributed by atoms with Gasteiger partial charge in [0.1, 0.15) is 17.0 Å². The molecule has 0 saturated heterocycles. The summed E-state index contributed by atoms with van der Waals surface area (Å²) in [6.07, 6.45) is 0.220. The molecule has 0 aliphatic rings. The van der Waals surface area contributed by atoms with E-state index in [1.165, 1.54) is 0 Å². The number of esters is 1. The number of hydrogen-bond donors (Lipinski definition) is 1. The van der Waals surface area contributed by atoms with Gasteiger partial charge in [0.25, 0.3) is 0 Å². The van der Waals surface area contributed by atoms with Crippen LogP contribution in [0.4, 0.5) is 4.79 Å². The number of carbonyl (C=O) groups excluding carboxylic acids is 2. The first-order valence-corrected chi connectivity index (χ1v) is 9.07. The van der Waals surface area contributed by atoms with Gasteiger partial charge in [0.05, 0.1) is 18.7 Å². The van der Waals surface area contributed by atoms with Gasteiger partial charge >= 0.3 is 12.1 Å². The fourth-order valence-electron chi connectivity index (χ4n) is 2.57. The summed E-state index contributed by atoms with van der Waals surface area (Å²) < 4.78 is 17.8. The Kier molecular flexibility index (Phi) is 6.71. The van der Waals surface area contributed by atoms with E-state index in [1.54, 1.807) is 11.5 Å². The number of fused-ring (bicyclic) bond motifs is 1. The summed E-state index contributed by atoms with van der Waals surface area (Å²) in [5, 5.41) is 3.64. The van der Waals surface area contributed by atoms with Crippen molar-refractivity contribution in [2.45, 2.75) is 39.7 Å². The molecule has 0 aliphatic heterocycles. The molecule has 1 amide bonds. The summed E-state index contributed by atoms with van der Waals surface area (Å²) in [4.78, 5) is 23.6. The molecule has 1 heterocycles. The van der Waals surface area contributed by atoms with Gasteiger partial charge in [-0.25, -0.2) is 9.59 Å². The van der Waals surface area contributed by atoms with Crippen LogP contribution in [-0.2, 0) is 16.5 Å². The van der Waals surface area contributed by atoms with Gasteiger partial charge in [-0.05, 0) is 52.3 Å². The second-order valence-corrected chi connectivity index (χ2v) is 7.16. The van der Waals surface area contributed by atoms with Gasteiger partial charge in [0, 0.05) is 25.0 Å². The van der Waals surface area contributed by atoms with Gasteiger partial charge in [-0.15, -0.1) is 0 Å². The minimum atomic E-state index is -0.506. The number of nitrogens with one attached hydrogen (secondary N) is 1. The summed E-state index contributed by atoms with van der Waals surface area (Å²) in [6, 6.07) is 7.46. The third-order valence-corrected chi connectivity index (χ3v) is 3.76. The number of alkyl carbamates (subject to hydrolysis) is 1. The van der Waals surface area contributed by atoms with E-state index in [2.05, 4.69) is 5.32 Å². The van der Waals surface area contributed by atoms with E-state index in [-0.39, 0.29) is 5.97 Å². The minimum Gasteiger partial charge on any atom is -0.493 e. The average molecular weight is 376 g/mol. The fraction of sp³-hybridized carbons (Fsp3) is 0.500. The number of ether oxygens (including phenoxy) is 3. The van der Waals surface area contributed by atoms with Crippen molar-refractivity contribution < 1.29 is 23.8 Å². The molecule has 7 heteroatoms. The van der Waals surface area contributed by atoms with Crippen LogP contribution in [0.15, 0.2) is 24.3 Å². The van der Waals surface area contributed by atoms with Gasteiger partial charge in [-0.2, -0.15) is 0 Å². The Morgan fingerprint density at radius 2 is 1.93 bits per heavy atom. The van der Waals surface area contributed by atoms with Crippen LogP contribution in [0.25, 0.3) is 10.9 Å². The van der Waals surface area contributed by atoms with Crippen LogP contribution in [0.2, 0.25) is 0 Å². The lowest BCUT2D eigenvalue weighted by atomic mass is 10.2. The number of benzene rings is 1. The first-order chi connectivity index (χ1) is 12.7. The van der Waals surface area contributed by atoms with Gasteiger partial charge < -0.3 is 24.1 Å². The molecule has 0 unspecified atom stereocenters. The summed E-state index contributed by atoms with van der Waals surface area (Å²) >= 11 is 0. The third kappa shape index (κ3) is 5.91. The van der Waals surface area contributed by atoms with E-state index in [4.69, 9.17) is 14.2 Å². The van der Waals surface area contributed by atoms with Crippen LogP contribution >= 0.6 is 0 Å². The molecule has 1 N–H and O–H groups in total. The maximum absolute atomic E-state index is 12.0. The Hall–Kier alpha value is -2.70. The molecule has 0 saturated carbocycles. The molecule has 1 aromatic carbocycles. The van der Waals surface area contributed by atoms with E-state index in [0.29, 0.717) is 37.6 Å². The van der Waals surface area contributed by atoms with Crippen molar-refractivity contribution in [2.75, 3.05) is 19.8 Å². The molecule has 0 aliphatic carbocycles. The predicted octanol–water partition coefficient (Wildman–Crippen LogP) is 3.65. The second kappa shape index (κ2) is 8.79.